The summed E-state index contributed by atoms with van der Waals surface area (Å²) in [6.07, 6.45) is 0.0186. The third kappa shape index (κ3) is 5.21. The van der Waals surface area contributed by atoms with Gasteiger partial charge in [-0.25, -0.2) is 0 Å². The average Bonchev–Trinajstić information content (AvgIpc) is 2.55. The SMILES string of the molecule is CCOC(=O)C[C@H](NC(=O)c1c(Cl)cccc1Cl)c1ccc(C)cc1. The minimum Gasteiger partial charge on any atom is -0.466 e. The Labute approximate surface area is 157 Å². The second-order valence-corrected chi connectivity index (χ2v) is 6.36. The van der Waals surface area contributed by atoms with Crippen molar-refractivity contribution in [1.29, 1.82) is 0 Å². The largest absolute Gasteiger partial charge is 0.466 e. The number of esters is 1. The van der Waals surface area contributed by atoms with Gasteiger partial charge in [0, 0.05) is 0 Å². The van der Waals surface area contributed by atoms with Crippen LogP contribution in [-0.2, 0) is 9.53 Å². The van der Waals surface area contributed by atoms with Crippen LogP contribution in [0.4, 0.5) is 0 Å². The highest BCUT2D eigenvalue weighted by Crippen LogP contribution is 2.26. The number of nitrogens with one attached hydrogen (secondary N) is 1. The van der Waals surface area contributed by atoms with Gasteiger partial charge in [-0.1, -0.05) is 59.1 Å². The Morgan fingerprint density at radius 2 is 1.68 bits per heavy atom. The van der Waals surface area contributed by atoms with E-state index < -0.39 is 17.9 Å². The minimum atomic E-state index is -0.542. The fourth-order valence-corrected chi connectivity index (χ4v) is 2.95. The molecule has 2 aromatic carbocycles. The Balaban J connectivity index is 2.27. The second kappa shape index (κ2) is 8.88. The fraction of sp³-hybridized carbons (Fsp3) is 0.263. The lowest BCUT2D eigenvalue weighted by molar-refractivity contribution is -0.143. The first-order valence-corrected chi connectivity index (χ1v) is 8.65. The van der Waals surface area contributed by atoms with E-state index in [0.29, 0.717) is 0 Å². The highest BCUT2D eigenvalue weighted by Gasteiger charge is 2.22. The molecule has 0 fully saturated rings. The van der Waals surface area contributed by atoms with Crippen LogP contribution in [0.3, 0.4) is 0 Å². The second-order valence-electron chi connectivity index (χ2n) is 5.54. The monoisotopic (exact) mass is 379 g/mol. The van der Waals surface area contributed by atoms with Crippen molar-refractivity contribution in [3.8, 4) is 0 Å². The molecular formula is C19H19Cl2NO3. The minimum absolute atomic E-state index is 0.0186. The summed E-state index contributed by atoms with van der Waals surface area (Å²) in [4.78, 5) is 24.6. The fourth-order valence-electron chi connectivity index (χ4n) is 2.38. The van der Waals surface area contributed by atoms with Crippen molar-refractivity contribution in [2.45, 2.75) is 26.3 Å². The molecule has 4 nitrogen and oxygen atoms in total. The Kier molecular flexibility index (Phi) is 6.85. The smallest absolute Gasteiger partial charge is 0.308 e. The van der Waals surface area contributed by atoms with Gasteiger partial charge in [0.05, 0.1) is 34.7 Å². The summed E-state index contributed by atoms with van der Waals surface area (Å²) in [5.74, 6) is -0.830. The maximum Gasteiger partial charge on any atom is 0.308 e. The molecule has 0 spiro atoms. The predicted octanol–water partition coefficient (Wildman–Crippen LogP) is 4.73. The summed E-state index contributed by atoms with van der Waals surface area (Å²) in [7, 11) is 0. The summed E-state index contributed by atoms with van der Waals surface area (Å²) in [6, 6.07) is 11.9. The number of amides is 1. The molecule has 1 atom stereocenters. The molecule has 1 amide bonds. The molecule has 2 aromatic rings. The first-order chi connectivity index (χ1) is 11.9. The number of hydrogen-bond acceptors (Lipinski definition) is 3. The van der Waals surface area contributed by atoms with Crippen LogP contribution in [0.2, 0.25) is 10.0 Å². The van der Waals surface area contributed by atoms with Gasteiger partial charge >= 0.3 is 5.97 Å². The van der Waals surface area contributed by atoms with Gasteiger partial charge in [0.1, 0.15) is 0 Å². The van der Waals surface area contributed by atoms with Crippen LogP contribution in [0, 0.1) is 6.92 Å². The lowest BCUT2D eigenvalue weighted by Crippen LogP contribution is -2.31. The summed E-state index contributed by atoms with van der Waals surface area (Å²) in [6.45, 7) is 3.98. The summed E-state index contributed by atoms with van der Waals surface area (Å²) in [5, 5.41) is 3.34. The van der Waals surface area contributed by atoms with E-state index in [-0.39, 0.29) is 28.6 Å². The molecule has 0 aliphatic heterocycles. The van der Waals surface area contributed by atoms with E-state index in [1.165, 1.54) is 0 Å². The zero-order chi connectivity index (χ0) is 18.4. The van der Waals surface area contributed by atoms with Crippen LogP contribution in [-0.4, -0.2) is 18.5 Å². The van der Waals surface area contributed by atoms with Gasteiger partial charge in [-0.2, -0.15) is 0 Å². The molecule has 0 saturated heterocycles. The van der Waals surface area contributed by atoms with Gasteiger partial charge in [0.2, 0.25) is 0 Å². The molecule has 0 aliphatic rings. The van der Waals surface area contributed by atoms with Gasteiger partial charge in [0.15, 0.2) is 0 Å². The van der Waals surface area contributed by atoms with Crippen molar-refractivity contribution in [2.75, 3.05) is 6.61 Å². The van der Waals surface area contributed by atoms with Gasteiger partial charge in [-0.3, -0.25) is 9.59 Å². The van der Waals surface area contributed by atoms with Crippen LogP contribution in [0.15, 0.2) is 42.5 Å². The van der Waals surface area contributed by atoms with E-state index in [1.54, 1.807) is 25.1 Å². The third-order valence-electron chi connectivity index (χ3n) is 3.65. The van der Waals surface area contributed by atoms with Crippen LogP contribution in [0.5, 0.6) is 0 Å². The number of aryl methyl sites for hydroxylation is 1. The number of rotatable bonds is 6. The van der Waals surface area contributed by atoms with E-state index in [1.807, 2.05) is 31.2 Å². The third-order valence-corrected chi connectivity index (χ3v) is 4.28. The van der Waals surface area contributed by atoms with Crippen molar-refractivity contribution in [2.24, 2.45) is 0 Å². The van der Waals surface area contributed by atoms with Crippen LogP contribution in [0.1, 0.15) is 40.9 Å². The predicted molar refractivity (Wildman–Crippen MR) is 99.1 cm³/mol. The lowest BCUT2D eigenvalue weighted by atomic mass is 10.0. The molecule has 0 bridgehead atoms. The van der Waals surface area contributed by atoms with Crippen molar-refractivity contribution in [1.82, 2.24) is 5.32 Å². The summed E-state index contributed by atoms with van der Waals surface area (Å²) in [5.41, 5.74) is 2.07. The lowest BCUT2D eigenvalue weighted by Gasteiger charge is -2.19. The normalized spacial score (nSPS) is 11.7. The Hall–Kier alpha value is -2.04. The van der Waals surface area contributed by atoms with Gasteiger partial charge in [-0.15, -0.1) is 0 Å². The topological polar surface area (TPSA) is 55.4 Å². The molecule has 0 unspecified atom stereocenters. The number of ether oxygens (including phenoxy) is 1. The molecule has 0 aromatic heterocycles. The van der Waals surface area contributed by atoms with Gasteiger partial charge in [-0.05, 0) is 31.5 Å². The van der Waals surface area contributed by atoms with Crippen molar-refractivity contribution >= 4 is 35.1 Å². The molecule has 132 valence electrons. The quantitative estimate of drug-likeness (QED) is 0.738. The molecule has 25 heavy (non-hydrogen) atoms. The highest BCUT2D eigenvalue weighted by molar-refractivity contribution is 6.39. The van der Waals surface area contributed by atoms with Gasteiger partial charge in [0.25, 0.3) is 5.91 Å². The van der Waals surface area contributed by atoms with Gasteiger partial charge < -0.3 is 10.1 Å². The maximum absolute atomic E-state index is 12.6. The molecule has 1 N–H and O–H groups in total. The molecule has 0 heterocycles. The zero-order valence-corrected chi connectivity index (χ0v) is 15.5. The maximum atomic E-state index is 12.6. The Morgan fingerprint density at radius 1 is 1.08 bits per heavy atom. The first-order valence-electron chi connectivity index (χ1n) is 7.89. The molecule has 0 saturated carbocycles. The molecular weight excluding hydrogens is 361 g/mol. The Morgan fingerprint density at radius 3 is 2.24 bits per heavy atom. The van der Waals surface area contributed by atoms with Crippen LogP contribution in [0.25, 0.3) is 0 Å². The summed E-state index contributed by atoms with van der Waals surface area (Å²) < 4.78 is 5.01. The van der Waals surface area contributed by atoms with E-state index in [4.69, 9.17) is 27.9 Å². The molecule has 2 rings (SSSR count). The number of halogens is 2. The van der Waals surface area contributed by atoms with Crippen LogP contribution < -0.4 is 5.32 Å². The number of benzene rings is 2. The van der Waals surface area contributed by atoms with E-state index >= 15 is 0 Å². The highest BCUT2D eigenvalue weighted by atomic mass is 35.5. The standard InChI is InChI=1S/C19H19Cl2NO3/c1-3-25-17(23)11-16(13-9-7-12(2)8-10-13)22-19(24)18-14(20)5-4-6-15(18)21/h4-10,16H,3,11H2,1-2H3,(H,22,24)/t16-/m0/s1. The van der Waals surface area contributed by atoms with E-state index in [9.17, 15) is 9.59 Å². The number of carbonyl (C=O) groups is 2. The van der Waals surface area contributed by atoms with Crippen molar-refractivity contribution < 1.29 is 14.3 Å². The zero-order valence-electron chi connectivity index (χ0n) is 14.0. The van der Waals surface area contributed by atoms with E-state index in [2.05, 4.69) is 5.32 Å². The number of carbonyl (C=O) groups excluding carboxylic acids is 2. The average molecular weight is 380 g/mol. The van der Waals surface area contributed by atoms with Crippen molar-refractivity contribution in [3.63, 3.8) is 0 Å². The Bertz CT molecular complexity index is 740. The van der Waals surface area contributed by atoms with Crippen molar-refractivity contribution in [3.05, 3.63) is 69.2 Å². The first kappa shape index (κ1) is 19.3. The summed E-state index contributed by atoms with van der Waals surface area (Å²) >= 11 is 12.2. The molecule has 6 heteroatoms. The molecule has 0 radical (unpaired) electrons. The van der Waals surface area contributed by atoms with Crippen LogP contribution >= 0.6 is 23.2 Å². The number of hydrogen-bond donors (Lipinski definition) is 1. The molecule has 0 aliphatic carbocycles. The van der Waals surface area contributed by atoms with E-state index in [0.717, 1.165) is 11.1 Å².